The maximum absolute atomic E-state index is 5.06. The number of aromatic nitrogens is 4. The van der Waals surface area contributed by atoms with Crippen molar-refractivity contribution in [1.82, 2.24) is 18.7 Å². The third-order valence-electron chi connectivity index (χ3n) is 12.1. The normalized spacial score (nSPS) is 12.9. The van der Waals surface area contributed by atoms with Gasteiger partial charge in [-0.05, 0) is 80.6 Å². The van der Waals surface area contributed by atoms with Gasteiger partial charge in [0.25, 0.3) is 0 Å². The zero-order chi connectivity index (χ0) is 38.3. The molecule has 3 heterocycles. The molecule has 3 aromatic heterocycles. The molecule has 58 heavy (non-hydrogen) atoms. The van der Waals surface area contributed by atoms with E-state index in [4.69, 9.17) is 4.98 Å². The second-order valence-electron chi connectivity index (χ2n) is 15.5. The Kier molecular flexibility index (Phi) is 8.66. The van der Waals surface area contributed by atoms with Crippen LogP contribution < -0.4 is 0 Å². The van der Waals surface area contributed by atoms with Crippen molar-refractivity contribution in [3.05, 3.63) is 216 Å². The first-order valence-electron chi connectivity index (χ1n) is 19.7. The van der Waals surface area contributed by atoms with Gasteiger partial charge in [0.1, 0.15) is 5.82 Å². The minimum Gasteiger partial charge on any atom is -0.319 e. The predicted octanol–water partition coefficient (Wildman–Crippen LogP) is 12.5. The molecule has 0 fully saturated rings. The van der Waals surface area contributed by atoms with Crippen molar-refractivity contribution in [2.45, 2.75) is 25.2 Å². The van der Waals surface area contributed by atoms with Gasteiger partial charge in [0, 0.05) is 63.1 Å². The number of pyridine rings is 1. The van der Waals surface area contributed by atoms with Crippen molar-refractivity contribution in [1.29, 1.82) is 0 Å². The van der Waals surface area contributed by atoms with Gasteiger partial charge in [-0.2, -0.15) is 30.3 Å². The number of aryl methyl sites for hydroxylation is 1. The minimum atomic E-state index is -0.699. The Morgan fingerprint density at radius 2 is 1.22 bits per heavy atom. The van der Waals surface area contributed by atoms with Crippen LogP contribution in [-0.2, 0) is 33.5 Å². The van der Waals surface area contributed by atoms with Crippen LogP contribution in [0, 0.1) is 12.1 Å². The second-order valence-corrected chi connectivity index (χ2v) is 15.5. The molecule has 4 nitrogen and oxygen atoms in total. The number of hydrogen-bond acceptors (Lipinski definition) is 1. The molecular formula is C53H39N4Pt-. The largest absolute Gasteiger partial charge is 0.319 e. The van der Waals surface area contributed by atoms with E-state index in [1.807, 2.05) is 6.20 Å². The van der Waals surface area contributed by atoms with Crippen molar-refractivity contribution >= 4 is 32.8 Å². The number of imidazole rings is 1. The maximum Gasteiger partial charge on any atom is 0.188 e. The van der Waals surface area contributed by atoms with E-state index >= 15 is 0 Å². The van der Waals surface area contributed by atoms with Crippen LogP contribution in [0.3, 0.4) is 0 Å². The predicted molar refractivity (Wildman–Crippen MR) is 233 cm³/mol. The summed E-state index contributed by atoms with van der Waals surface area (Å²) in [7, 11) is 2.10. The molecule has 0 bridgehead atoms. The zero-order valence-electron chi connectivity index (χ0n) is 32.4. The number of fused-ring (bicyclic) bond motifs is 7. The SMILES string of the molecule is CC(C)c1ccccc1-c1ccnc(-n2c3[c-]c(C4(c5[c-]c(-n6[cH+]n(C)c7ccccc76)ccc5)c5ccccc5-c5ccccc54)ccc3c3ccccc32)c1.[Pt]. The van der Waals surface area contributed by atoms with Gasteiger partial charge in [0.05, 0.1) is 0 Å². The number of nitrogens with zero attached hydrogens (tertiary/aromatic N) is 4. The first kappa shape index (κ1) is 36.0. The van der Waals surface area contributed by atoms with Gasteiger partial charge >= 0.3 is 0 Å². The molecule has 1 aliphatic rings. The second kappa shape index (κ2) is 13.9. The molecule has 5 heteroatoms. The van der Waals surface area contributed by atoms with Gasteiger partial charge in [-0.3, -0.25) is 0 Å². The van der Waals surface area contributed by atoms with Crippen LogP contribution in [-0.4, -0.2) is 18.7 Å². The molecule has 10 aromatic rings. The van der Waals surface area contributed by atoms with Crippen molar-refractivity contribution in [3.8, 4) is 33.8 Å². The van der Waals surface area contributed by atoms with Crippen LogP contribution >= 0.6 is 0 Å². The molecule has 0 aliphatic heterocycles. The summed E-state index contributed by atoms with van der Waals surface area (Å²) in [5, 5.41) is 2.31. The van der Waals surface area contributed by atoms with Crippen molar-refractivity contribution in [3.63, 3.8) is 0 Å². The smallest absolute Gasteiger partial charge is 0.188 e. The van der Waals surface area contributed by atoms with E-state index in [2.05, 4.69) is 217 Å². The quantitative estimate of drug-likeness (QED) is 0.153. The zero-order valence-corrected chi connectivity index (χ0v) is 34.7. The molecule has 11 rings (SSSR count). The summed E-state index contributed by atoms with van der Waals surface area (Å²) in [5.74, 6) is 1.26. The molecule has 0 saturated carbocycles. The maximum atomic E-state index is 5.06. The third-order valence-corrected chi connectivity index (χ3v) is 12.1. The Morgan fingerprint density at radius 1 is 0.586 bits per heavy atom. The Balaban J connectivity index is 0.00000408. The molecule has 0 atom stereocenters. The number of hydrogen-bond donors (Lipinski definition) is 0. The summed E-state index contributed by atoms with van der Waals surface area (Å²) in [4.78, 5) is 5.06. The monoisotopic (exact) mass is 926 g/mol. The van der Waals surface area contributed by atoms with Gasteiger partial charge in [-0.25, -0.2) is 14.1 Å². The van der Waals surface area contributed by atoms with E-state index in [9.17, 15) is 0 Å². The van der Waals surface area contributed by atoms with Gasteiger partial charge < -0.3 is 4.57 Å². The topological polar surface area (TPSA) is 27.7 Å². The summed E-state index contributed by atoms with van der Waals surface area (Å²) in [6, 6.07) is 67.4. The molecule has 0 saturated heterocycles. The van der Waals surface area contributed by atoms with E-state index in [0.717, 1.165) is 50.1 Å². The minimum absolute atomic E-state index is 0. The molecule has 0 amide bonds. The van der Waals surface area contributed by atoms with Gasteiger partial charge in [-0.15, -0.1) is 22.6 Å². The van der Waals surface area contributed by atoms with Crippen molar-refractivity contribution < 1.29 is 21.1 Å². The molecule has 7 aromatic carbocycles. The van der Waals surface area contributed by atoms with Crippen LogP contribution in [0.1, 0.15) is 47.6 Å². The average molecular weight is 927 g/mol. The summed E-state index contributed by atoms with van der Waals surface area (Å²) < 4.78 is 6.74. The van der Waals surface area contributed by atoms with Crippen molar-refractivity contribution in [2.24, 2.45) is 7.05 Å². The molecule has 0 radical (unpaired) electrons. The molecule has 282 valence electrons. The molecular weight excluding hydrogens is 888 g/mol. The molecule has 0 spiro atoms. The average Bonchev–Trinajstić information content (AvgIpc) is 3.89. The third kappa shape index (κ3) is 5.25. The van der Waals surface area contributed by atoms with Gasteiger partial charge in [-0.1, -0.05) is 116 Å². The first-order valence-corrected chi connectivity index (χ1v) is 19.7. The fraction of sp³-hybridized carbons (Fsp3) is 0.0943. The number of rotatable bonds is 6. The standard InChI is InChI=1S/C53H39N4.Pt/c1-35(2)40-17-4-5-18-41(40)36-29-30-54-52(31-36)57-48-24-11-8-21-44(48)45-28-27-38(33-51(45)57)53(46-22-9-6-19-42(46)43-20-7-10-23-47(43)53)37-15-14-16-39(32-37)56-34-55(3)49-25-12-13-26-50(49)56;/h4-31,34-35H,1-3H3;/q-1;. The molecule has 1 aliphatic carbocycles. The molecule has 0 unspecified atom stereocenters. The molecule has 0 N–H and O–H groups in total. The summed E-state index contributed by atoms with van der Waals surface area (Å²) in [5.41, 5.74) is 15.5. The van der Waals surface area contributed by atoms with Crippen LogP contribution in [0.4, 0.5) is 0 Å². The van der Waals surface area contributed by atoms with Crippen LogP contribution in [0.15, 0.2) is 176 Å². The Labute approximate surface area is 353 Å². The van der Waals surface area contributed by atoms with E-state index in [1.165, 1.54) is 44.3 Å². The Morgan fingerprint density at radius 3 is 1.98 bits per heavy atom. The fourth-order valence-corrected chi connectivity index (χ4v) is 9.55. The van der Waals surface area contributed by atoms with Gasteiger partial charge in [0.15, 0.2) is 17.4 Å². The fourth-order valence-electron chi connectivity index (χ4n) is 9.55. The van der Waals surface area contributed by atoms with E-state index in [1.54, 1.807) is 0 Å². The Hall–Kier alpha value is -6.35. The summed E-state index contributed by atoms with van der Waals surface area (Å²) >= 11 is 0. The van der Waals surface area contributed by atoms with Crippen LogP contribution in [0.5, 0.6) is 0 Å². The van der Waals surface area contributed by atoms with Crippen LogP contribution in [0.25, 0.3) is 66.6 Å². The Bertz CT molecular complexity index is 3160. The van der Waals surface area contributed by atoms with E-state index < -0.39 is 5.41 Å². The number of benzene rings is 7. The summed E-state index contributed by atoms with van der Waals surface area (Å²) in [6.07, 6.45) is 4.10. The number of para-hydroxylation sites is 3. The van der Waals surface area contributed by atoms with E-state index in [0.29, 0.717) is 5.92 Å². The van der Waals surface area contributed by atoms with Crippen molar-refractivity contribution in [2.75, 3.05) is 0 Å². The first-order chi connectivity index (χ1) is 28.0. The van der Waals surface area contributed by atoms with Crippen LogP contribution in [0.2, 0.25) is 0 Å². The van der Waals surface area contributed by atoms with E-state index in [-0.39, 0.29) is 21.1 Å². The van der Waals surface area contributed by atoms with Gasteiger partial charge in [0.2, 0.25) is 0 Å². The summed E-state index contributed by atoms with van der Waals surface area (Å²) in [6.45, 7) is 4.51.